The Hall–Kier alpha value is -1.69. The summed E-state index contributed by atoms with van der Waals surface area (Å²) in [5, 5.41) is 2.90. The van der Waals surface area contributed by atoms with Gasteiger partial charge in [-0.25, -0.2) is 0 Å². The molecule has 0 aliphatic carbocycles. The molecule has 1 heterocycles. The summed E-state index contributed by atoms with van der Waals surface area (Å²) < 4.78 is 1.02. The molecule has 1 N–H and O–H groups in total. The van der Waals surface area contributed by atoms with Crippen LogP contribution in [-0.2, 0) is 20.8 Å². The molecule has 1 atom stereocenters. The number of halogens is 1. The van der Waals surface area contributed by atoms with Gasteiger partial charge in [-0.1, -0.05) is 28.1 Å². The van der Waals surface area contributed by atoms with E-state index in [0.717, 1.165) is 16.5 Å². The van der Waals surface area contributed by atoms with Crippen molar-refractivity contribution in [1.82, 2.24) is 10.2 Å². The third-order valence-corrected chi connectivity index (χ3v) is 4.11. The van der Waals surface area contributed by atoms with E-state index in [0.29, 0.717) is 0 Å². The van der Waals surface area contributed by atoms with Crippen molar-refractivity contribution in [1.29, 1.82) is 0 Å². The number of imide groups is 1. The molecule has 1 aromatic carbocycles. The van der Waals surface area contributed by atoms with E-state index >= 15 is 0 Å². The molecule has 0 bridgehead atoms. The minimum absolute atomic E-state index is 0.00124. The number of hydrogen-bond donors (Lipinski definition) is 1. The van der Waals surface area contributed by atoms with E-state index in [1.807, 2.05) is 31.2 Å². The first-order valence-corrected chi connectivity index (χ1v) is 8.12. The second-order valence-electron chi connectivity index (χ2n) is 5.49. The molecule has 118 valence electrons. The minimum atomic E-state index is -0.180. The summed E-state index contributed by atoms with van der Waals surface area (Å²) >= 11 is 3.38. The zero-order valence-corrected chi connectivity index (χ0v) is 14.1. The van der Waals surface area contributed by atoms with Gasteiger partial charge in [0.25, 0.3) is 0 Å². The van der Waals surface area contributed by atoms with Crippen molar-refractivity contribution in [2.24, 2.45) is 0 Å². The summed E-state index contributed by atoms with van der Waals surface area (Å²) in [4.78, 5) is 36.0. The van der Waals surface area contributed by atoms with Crippen LogP contribution in [0.15, 0.2) is 28.7 Å². The number of nitrogens with zero attached hydrogens (tertiary/aromatic N) is 1. The monoisotopic (exact) mass is 366 g/mol. The molecule has 1 saturated heterocycles. The van der Waals surface area contributed by atoms with Crippen LogP contribution in [0, 0.1) is 0 Å². The molecule has 0 aromatic heterocycles. The SMILES string of the molecule is CC(Cc1ccc(Br)cc1)NC(=O)CCN1C(=O)CCC1=O. The van der Waals surface area contributed by atoms with Crippen molar-refractivity contribution in [2.45, 2.75) is 38.6 Å². The van der Waals surface area contributed by atoms with Crippen LogP contribution in [0.1, 0.15) is 31.7 Å². The lowest BCUT2D eigenvalue weighted by Gasteiger charge is -2.16. The highest BCUT2D eigenvalue weighted by Crippen LogP contribution is 2.13. The number of carbonyl (C=O) groups excluding carboxylic acids is 3. The van der Waals surface area contributed by atoms with E-state index in [2.05, 4.69) is 21.2 Å². The smallest absolute Gasteiger partial charge is 0.229 e. The van der Waals surface area contributed by atoms with Crippen LogP contribution in [0.25, 0.3) is 0 Å². The Balaban J connectivity index is 1.75. The molecule has 0 radical (unpaired) electrons. The molecule has 2 rings (SSSR count). The Bertz CT molecular complexity index is 555. The van der Waals surface area contributed by atoms with Gasteiger partial charge in [0.15, 0.2) is 0 Å². The van der Waals surface area contributed by atoms with Crippen molar-refractivity contribution in [2.75, 3.05) is 6.54 Å². The van der Waals surface area contributed by atoms with Crippen LogP contribution in [0.5, 0.6) is 0 Å². The summed E-state index contributed by atoms with van der Waals surface area (Å²) in [6.07, 6.45) is 1.42. The molecule has 22 heavy (non-hydrogen) atoms. The lowest BCUT2D eigenvalue weighted by atomic mass is 10.1. The quantitative estimate of drug-likeness (QED) is 0.783. The number of nitrogens with one attached hydrogen (secondary N) is 1. The van der Waals surface area contributed by atoms with Crippen molar-refractivity contribution in [3.05, 3.63) is 34.3 Å². The minimum Gasteiger partial charge on any atom is -0.353 e. The van der Waals surface area contributed by atoms with Gasteiger partial charge in [0.2, 0.25) is 17.7 Å². The number of benzene rings is 1. The highest BCUT2D eigenvalue weighted by Gasteiger charge is 2.28. The van der Waals surface area contributed by atoms with Gasteiger partial charge in [0, 0.05) is 36.3 Å². The zero-order chi connectivity index (χ0) is 16.1. The van der Waals surface area contributed by atoms with Gasteiger partial charge < -0.3 is 5.32 Å². The molecule has 1 fully saturated rings. The summed E-state index contributed by atoms with van der Waals surface area (Å²) in [5.41, 5.74) is 1.14. The highest BCUT2D eigenvalue weighted by molar-refractivity contribution is 9.10. The number of rotatable bonds is 6. The van der Waals surface area contributed by atoms with E-state index in [4.69, 9.17) is 0 Å². The second-order valence-corrected chi connectivity index (χ2v) is 6.40. The first kappa shape index (κ1) is 16.7. The topological polar surface area (TPSA) is 66.5 Å². The van der Waals surface area contributed by atoms with E-state index in [-0.39, 0.29) is 49.6 Å². The van der Waals surface area contributed by atoms with Crippen LogP contribution in [0.4, 0.5) is 0 Å². The van der Waals surface area contributed by atoms with Gasteiger partial charge in [-0.15, -0.1) is 0 Å². The molecule has 1 aliphatic heterocycles. The fourth-order valence-electron chi connectivity index (χ4n) is 2.46. The Kier molecular flexibility index (Phi) is 5.71. The summed E-state index contributed by atoms with van der Waals surface area (Å²) in [6, 6.07) is 7.95. The normalized spacial score (nSPS) is 16.0. The molecule has 6 heteroatoms. The predicted molar refractivity (Wildman–Crippen MR) is 86.0 cm³/mol. The maximum Gasteiger partial charge on any atom is 0.229 e. The Morgan fingerprint density at radius 3 is 2.41 bits per heavy atom. The number of amides is 3. The van der Waals surface area contributed by atoms with Gasteiger partial charge >= 0.3 is 0 Å². The number of hydrogen-bond acceptors (Lipinski definition) is 3. The van der Waals surface area contributed by atoms with Gasteiger partial charge in [-0.05, 0) is 31.0 Å². The first-order valence-electron chi connectivity index (χ1n) is 7.32. The van der Waals surface area contributed by atoms with E-state index in [9.17, 15) is 14.4 Å². The van der Waals surface area contributed by atoms with Gasteiger partial charge in [0.1, 0.15) is 0 Å². The van der Waals surface area contributed by atoms with Crippen LogP contribution >= 0.6 is 15.9 Å². The Morgan fingerprint density at radius 2 is 1.82 bits per heavy atom. The third-order valence-electron chi connectivity index (χ3n) is 3.58. The standard InChI is InChI=1S/C16H19BrN2O3/c1-11(10-12-2-4-13(17)5-3-12)18-14(20)8-9-19-15(21)6-7-16(19)22/h2-5,11H,6-10H2,1H3,(H,18,20). The van der Waals surface area contributed by atoms with E-state index in [1.165, 1.54) is 4.90 Å². The maximum atomic E-state index is 11.9. The molecule has 1 aliphatic rings. The largest absolute Gasteiger partial charge is 0.353 e. The summed E-state index contributed by atoms with van der Waals surface area (Å²) in [5.74, 6) is -0.501. The van der Waals surface area contributed by atoms with Crippen LogP contribution in [0.2, 0.25) is 0 Å². The maximum absolute atomic E-state index is 11.9. The molecular weight excluding hydrogens is 348 g/mol. The van der Waals surface area contributed by atoms with Crippen molar-refractivity contribution >= 4 is 33.7 Å². The van der Waals surface area contributed by atoms with Gasteiger partial charge in [-0.2, -0.15) is 0 Å². The zero-order valence-electron chi connectivity index (χ0n) is 12.5. The number of carbonyl (C=O) groups is 3. The van der Waals surface area contributed by atoms with Crippen LogP contribution < -0.4 is 5.32 Å². The molecule has 1 unspecified atom stereocenters. The third kappa shape index (κ3) is 4.66. The van der Waals surface area contributed by atoms with Crippen LogP contribution in [-0.4, -0.2) is 35.2 Å². The molecule has 5 nitrogen and oxygen atoms in total. The summed E-state index contributed by atoms with van der Waals surface area (Å²) in [7, 11) is 0. The van der Waals surface area contributed by atoms with Crippen molar-refractivity contribution < 1.29 is 14.4 Å². The first-order chi connectivity index (χ1) is 10.5. The molecule has 1 aromatic rings. The Morgan fingerprint density at radius 1 is 1.23 bits per heavy atom. The lowest BCUT2D eigenvalue weighted by Crippen LogP contribution is -2.38. The van der Waals surface area contributed by atoms with Crippen molar-refractivity contribution in [3.8, 4) is 0 Å². The van der Waals surface area contributed by atoms with E-state index in [1.54, 1.807) is 0 Å². The average molecular weight is 367 g/mol. The molecule has 3 amide bonds. The molecule has 0 saturated carbocycles. The molecular formula is C16H19BrN2O3. The van der Waals surface area contributed by atoms with E-state index < -0.39 is 0 Å². The summed E-state index contributed by atoms with van der Waals surface area (Å²) in [6.45, 7) is 2.11. The van der Waals surface area contributed by atoms with Crippen molar-refractivity contribution in [3.63, 3.8) is 0 Å². The lowest BCUT2D eigenvalue weighted by molar-refractivity contribution is -0.138. The average Bonchev–Trinajstić information content (AvgIpc) is 2.78. The fourth-order valence-corrected chi connectivity index (χ4v) is 2.72. The highest BCUT2D eigenvalue weighted by atomic mass is 79.9. The Labute approximate surface area is 138 Å². The van der Waals surface area contributed by atoms with Crippen LogP contribution in [0.3, 0.4) is 0 Å². The second kappa shape index (κ2) is 7.54. The molecule has 0 spiro atoms. The fraction of sp³-hybridized carbons (Fsp3) is 0.438. The van der Waals surface area contributed by atoms with Gasteiger partial charge in [0.05, 0.1) is 0 Å². The number of likely N-dealkylation sites (tertiary alicyclic amines) is 1. The van der Waals surface area contributed by atoms with Gasteiger partial charge in [-0.3, -0.25) is 19.3 Å². The predicted octanol–water partition coefficient (Wildman–Crippen LogP) is 2.04.